The number of oxazole rings is 1. The molecule has 2 unspecified atom stereocenters. The predicted octanol–water partition coefficient (Wildman–Crippen LogP) is 2.28. The zero-order valence-electron chi connectivity index (χ0n) is 19.8. The molecule has 6 rings (SSSR count). The highest BCUT2D eigenvalue weighted by molar-refractivity contribution is 6.08. The molecule has 3 aliphatic rings. The molecule has 0 spiro atoms. The topological polar surface area (TPSA) is 128 Å². The van der Waals surface area contributed by atoms with Gasteiger partial charge in [-0.05, 0) is 56.6 Å². The second-order valence-corrected chi connectivity index (χ2v) is 9.59. The number of nitrogens with zero attached hydrogens (tertiary/aromatic N) is 4. The second kappa shape index (κ2) is 8.54. The first-order chi connectivity index (χ1) is 17.0. The van der Waals surface area contributed by atoms with Gasteiger partial charge in [0, 0.05) is 54.9 Å². The van der Waals surface area contributed by atoms with Crippen molar-refractivity contribution in [2.75, 3.05) is 36.4 Å². The van der Waals surface area contributed by atoms with Crippen molar-refractivity contribution in [1.29, 1.82) is 0 Å². The molecule has 3 aromatic rings. The number of nitrogens with two attached hydrogens (primary N) is 1. The van der Waals surface area contributed by atoms with Gasteiger partial charge in [0.05, 0.1) is 5.52 Å². The van der Waals surface area contributed by atoms with Gasteiger partial charge in [0.15, 0.2) is 5.58 Å². The molecule has 3 aliphatic heterocycles. The van der Waals surface area contributed by atoms with Crippen LogP contribution in [0, 0.1) is 0 Å². The number of H-pyrrole nitrogens is 1. The van der Waals surface area contributed by atoms with Crippen LogP contribution < -0.4 is 27.0 Å². The average molecular weight is 475 g/mol. The molecular weight excluding hydrogens is 444 g/mol. The second-order valence-electron chi connectivity index (χ2n) is 9.59. The molecule has 0 aliphatic carbocycles. The van der Waals surface area contributed by atoms with Crippen molar-refractivity contribution >= 4 is 28.4 Å². The van der Waals surface area contributed by atoms with Crippen molar-refractivity contribution in [3.05, 3.63) is 64.4 Å². The van der Waals surface area contributed by atoms with Crippen LogP contribution >= 0.6 is 0 Å². The molecule has 1 aromatic carbocycles. The minimum absolute atomic E-state index is 0.482. The number of piperidine rings is 1. The number of piperazine rings is 1. The van der Waals surface area contributed by atoms with E-state index in [0.717, 1.165) is 42.3 Å². The van der Waals surface area contributed by atoms with E-state index in [1.165, 1.54) is 25.8 Å². The van der Waals surface area contributed by atoms with Gasteiger partial charge in [-0.1, -0.05) is 6.42 Å². The molecule has 5 heterocycles. The lowest BCUT2D eigenvalue weighted by molar-refractivity contribution is 0.133. The van der Waals surface area contributed by atoms with Crippen LogP contribution in [0.3, 0.4) is 0 Å². The third kappa shape index (κ3) is 4.19. The Kier molecular flexibility index (Phi) is 5.34. The predicted molar refractivity (Wildman–Crippen MR) is 136 cm³/mol. The molecule has 0 saturated carbocycles. The van der Waals surface area contributed by atoms with Crippen molar-refractivity contribution in [3.63, 3.8) is 0 Å². The third-order valence-corrected chi connectivity index (χ3v) is 7.20. The summed E-state index contributed by atoms with van der Waals surface area (Å²) >= 11 is 0. The molecule has 0 bridgehead atoms. The number of aromatic nitrogens is 2. The number of rotatable bonds is 3. The average Bonchev–Trinajstić information content (AvgIpc) is 3.25. The summed E-state index contributed by atoms with van der Waals surface area (Å²) in [4.78, 5) is 28.7. The molecule has 2 fully saturated rings. The summed E-state index contributed by atoms with van der Waals surface area (Å²) in [6, 6.07) is 10.0. The molecular formula is C25H30N8O2. The summed E-state index contributed by atoms with van der Waals surface area (Å²) in [6.45, 7) is 6.29. The van der Waals surface area contributed by atoms with Gasteiger partial charge in [-0.15, -0.1) is 0 Å². The van der Waals surface area contributed by atoms with Gasteiger partial charge in [0.1, 0.15) is 11.7 Å². The molecule has 0 amide bonds. The summed E-state index contributed by atoms with van der Waals surface area (Å²) in [5.74, 6) is -0.0162. The lowest BCUT2D eigenvalue weighted by Crippen LogP contribution is -2.55. The smallest absolute Gasteiger partial charge is 0.408 e. The van der Waals surface area contributed by atoms with Crippen LogP contribution in [0.5, 0.6) is 0 Å². The Bertz CT molecular complexity index is 1360. The molecule has 5 N–H and O–H groups in total. The zero-order chi connectivity index (χ0) is 24.0. The van der Waals surface area contributed by atoms with Gasteiger partial charge in [-0.2, -0.15) is 0 Å². The number of aliphatic imine (C=N–C) groups is 1. The first-order valence-corrected chi connectivity index (χ1v) is 12.2. The fourth-order valence-corrected chi connectivity index (χ4v) is 5.19. The number of anilines is 2. The van der Waals surface area contributed by atoms with Crippen molar-refractivity contribution in [1.82, 2.24) is 20.2 Å². The van der Waals surface area contributed by atoms with Crippen LogP contribution in [0.4, 0.5) is 11.5 Å². The van der Waals surface area contributed by atoms with Crippen LogP contribution in [-0.2, 0) is 5.79 Å². The van der Waals surface area contributed by atoms with E-state index >= 15 is 0 Å². The van der Waals surface area contributed by atoms with Crippen LogP contribution in [0.1, 0.15) is 31.7 Å². The zero-order valence-corrected chi connectivity index (χ0v) is 19.8. The molecule has 10 heteroatoms. The Hall–Kier alpha value is -3.63. The Morgan fingerprint density at radius 3 is 2.97 bits per heavy atom. The van der Waals surface area contributed by atoms with E-state index in [-0.39, 0.29) is 0 Å². The molecule has 182 valence electrons. The van der Waals surface area contributed by atoms with E-state index in [1.807, 2.05) is 37.5 Å². The first-order valence-electron chi connectivity index (χ1n) is 12.2. The van der Waals surface area contributed by atoms with Crippen LogP contribution in [-0.4, -0.2) is 52.9 Å². The maximum atomic E-state index is 11.5. The monoisotopic (exact) mass is 474 g/mol. The maximum Gasteiger partial charge on any atom is 0.417 e. The van der Waals surface area contributed by atoms with Crippen molar-refractivity contribution < 1.29 is 4.42 Å². The number of amidine groups is 1. The van der Waals surface area contributed by atoms with E-state index in [2.05, 4.69) is 25.4 Å². The van der Waals surface area contributed by atoms with E-state index in [1.54, 1.807) is 12.1 Å². The van der Waals surface area contributed by atoms with Crippen LogP contribution in [0.15, 0.2) is 62.5 Å². The summed E-state index contributed by atoms with van der Waals surface area (Å²) < 4.78 is 5.08. The van der Waals surface area contributed by atoms with Crippen LogP contribution in [0.25, 0.3) is 11.1 Å². The third-order valence-electron chi connectivity index (χ3n) is 7.20. The number of benzene rings is 1. The molecule has 2 atom stereocenters. The number of nitrogens with one attached hydrogen (secondary N) is 3. The van der Waals surface area contributed by atoms with E-state index in [0.29, 0.717) is 23.0 Å². The lowest BCUT2D eigenvalue weighted by Gasteiger charge is -2.44. The Balaban J connectivity index is 1.21. The highest BCUT2D eigenvalue weighted by Gasteiger charge is 2.32. The minimum atomic E-state index is -1.15. The minimum Gasteiger partial charge on any atom is -0.408 e. The van der Waals surface area contributed by atoms with E-state index < -0.39 is 11.5 Å². The molecule has 35 heavy (non-hydrogen) atoms. The normalized spacial score (nSPS) is 25.0. The van der Waals surface area contributed by atoms with Crippen molar-refractivity contribution in [2.24, 2.45) is 10.7 Å². The van der Waals surface area contributed by atoms with E-state index in [4.69, 9.17) is 20.1 Å². The fraction of sp³-hybridized carbons (Fsp3) is 0.400. The molecule has 2 saturated heterocycles. The van der Waals surface area contributed by atoms with Crippen molar-refractivity contribution in [2.45, 2.75) is 38.0 Å². The van der Waals surface area contributed by atoms with Crippen LogP contribution in [0.2, 0.25) is 0 Å². The number of pyridine rings is 1. The number of hydrogen-bond acceptors (Lipinski definition) is 9. The quantitative estimate of drug-likeness (QED) is 0.455. The summed E-state index contributed by atoms with van der Waals surface area (Å²) in [5.41, 5.74) is 10.3. The Morgan fingerprint density at radius 1 is 1.20 bits per heavy atom. The highest BCUT2D eigenvalue weighted by Crippen LogP contribution is 2.27. The van der Waals surface area contributed by atoms with E-state index in [9.17, 15) is 4.79 Å². The first kappa shape index (κ1) is 21.9. The summed E-state index contributed by atoms with van der Waals surface area (Å²) in [6.07, 6.45) is 7.57. The summed E-state index contributed by atoms with van der Waals surface area (Å²) in [7, 11) is 0. The highest BCUT2D eigenvalue weighted by atomic mass is 16.4. The molecule has 0 radical (unpaired) electrons. The van der Waals surface area contributed by atoms with Gasteiger partial charge in [-0.3, -0.25) is 15.6 Å². The fourth-order valence-electron chi connectivity index (χ4n) is 5.19. The SMILES string of the molecule is CC1=CNC(N)(c2ccc(N3CCN4CCCCC4C3)nc2)N=C1Nc1ccc2oc(=O)[nH]c2c1. The molecule has 10 nitrogen and oxygen atoms in total. The standard InChI is InChI=1S/C25H30N8O2/c1-16-13-28-25(26,31-23(16)29-18-6-7-21-20(12-18)30-24(34)35-21)17-5-8-22(27-14-17)33-11-10-32-9-3-2-4-19(32)15-33/h5-8,12-14,19,28H,2-4,9-11,15,26H2,1H3,(H,29,31)(H,30,34). The van der Waals surface area contributed by atoms with Gasteiger partial charge in [0.2, 0.25) is 5.79 Å². The Labute approximate surface area is 202 Å². The number of aromatic amines is 1. The largest absolute Gasteiger partial charge is 0.417 e. The maximum absolute atomic E-state index is 11.5. The Morgan fingerprint density at radius 2 is 2.11 bits per heavy atom. The number of hydrogen-bond donors (Lipinski definition) is 4. The number of fused-ring (bicyclic) bond motifs is 2. The lowest BCUT2D eigenvalue weighted by atomic mass is 9.99. The van der Waals surface area contributed by atoms with Gasteiger partial charge in [-0.25, -0.2) is 14.8 Å². The van der Waals surface area contributed by atoms with Gasteiger partial charge in [0.25, 0.3) is 0 Å². The van der Waals surface area contributed by atoms with Gasteiger partial charge >= 0.3 is 5.76 Å². The van der Waals surface area contributed by atoms with Gasteiger partial charge < -0.3 is 20.0 Å². The summed E-state index contributed by atoms with van der Waals surface area (Å²) in [5, 5.41) is 6.52. The van der Waals surface area contributed by atoms with Crippen molar-refractivity contribution in [3.8, 4) is 0 Å². The molecule has 2 aromatic heterocycles.